The number of hydrogen-bond donors (Lipinski definition) is 0. The molecule has 0 bridgehead atoms. The summed E-state index contributed by atoms with van der Waals surface area (Å²) >= 11 is 0. The average Bonchev–Trinajstić information content (AvgIpc) is 3.01. The van der Waals surface area contributed by atoms with Crippen LogP contribution in [-0.4, -0.2) is 33.9 Å². The fourth-order valence-electron chi connectivity index (χ4n) is 8.88. The highest BCUT2D eigenvalue weighted by atomic mass is 16.2. The van der Waals surface area contributed by atoms with Crippen molar-refractivity contribution in [1.82, 2.24) is 14.9 Å². The minimum absolute atomic E-state index is 0.290. The molecular weight excluding hydrogens is 382 g/mol. The van der Waals surface area contributed by atoms with Crippen LogP contribution in [0.4, 0.5) is 0 Å². The molecule has 4 heteroatoms. The molecule has 4 aliphatic rings. The number of piperidine rings is 1. The van der Waals surface area contributed by atoms with Crippen LogP contribution in [0.2, 0.25) is 0 Å². The maximum absolute atomic E-state index is 12.5. The molecule has 0 aromatic carbocycles. The number of fused-ring (bicyclic) bond motifs is 5. The lowest BCUT2D eigenvalue weighted by Gasteiger charge is -2.63. The summed E-state index contributed by atoms with van der Waals surface area (Å²) in [5, 5.41) is 0. The van der Waals surface area contributed by atoms with Gasteiger partial charge in [0.1, 0.15) is 0 Å². The summed E-state index contributed by atoms with van der Waals surface area (Å²) in [5.74, 6) is 4.69. The van der Waals surface area contributed by atoms with Crippen molar-refractivity contribution in [3.63, 3.8) is 0 Å². The fraction of sp³-hybridized carbons (Fsp3) is 0.741. The van der Waals surface area contributed by atoms with E-state index in [2.05, 4.69) is 61.8 Å². The molecule has 31 heavy (non-hydrogen) atoms. The maximum atomic E-state index is 12.5. The van der Waals surface area contributed by atoms with Gasteiger partial charge >= 0.3 is 0 Å². The lowest BCUT2D eigenvalue weighted by molar-refractivity contribution is -0.165. The van der Waals surface area contributed by atoms with Gasteiger partial charge in [-0.25, -0.2) is 0 Å². The molecular formula is C27H39N3O. The molecule has 2 heterocycles. The van der Waals surface area contributed by atoms with Crippen LogP contribution in [0.1, 0.15) is 71.9 Å². The van der Waals surface area contributed by atoms with E-state index in [1.54, 1.807) is 12.4 Å². The summed E-state index contributed by atoms with van der Waals surface area (Å²) in [6, 6.07) is 0.431. The SMILES string of the molecule is CC1CC2N(C)C(=O)CC[C@]2(C)[C@H]2CC[C@]3(C)[C@@H](C=Cc4cnccn4)C(C)C[C@H]3[C@H]12. The Hall–Kier alpha value is -1.71. The second kappa shape index (κ2) is 7.42. The van der Waals surface area contributed by atoms with Crippen LogP contribution >= 0.6 is 0 Å². The Kier molecular flexibility index (Phi) is 5.06. The summed E-state index contributed by atoms with van der Waals surface area (Å²) < 4.78 is 0. The molecule has 1 aliphatic heterocycles. The molecule has 168 valence electrons. The van der Waals surface area contributed by atoms with Crippen LogP contribution in [-0.2, 0) is 4.79 Å². The highest BCUT2D eigenvalue weighted by Gasteiger charge is 2.63. The quantitative estimate of drug-likeness (QED) is 0.637. The molecule has 3 saturated carbocycles. The molecule has 9 atom stereocenters. The topological polar surface area (TPSA) is 46.1 Å². The first-order chi connectivity index (χ1) is 14.8. The predicted molar refractivity (Wildman–Crippen MR) is 124 cm³/mol. The number of aromatic nitrogens is 2. The van der Waals surface area contributed by atoms with E-state index < -0.39 is 0 Å². The van der Waals surface area contributed by atoms with Gasteiger partial charge in [-0.1, -0.05) is 33.8 Å². The van der Waals surface area contributed by atoms with Crippen LogP contribution in [0, 0.1) is 46.3 Å². The number of hydrogen-bond acceptors (Lipinski definition) is 3. The van der Waals surface area contributed by atoms with Crippen molar-refractivity contribution in [3.8, 4) is 0 Å². The van der Waals surface area contributed by atoms with Crippen molar-refractivity contribution in [2.75, 3.05) is 7.05 Å². The first-order valence-electron chi connectivity index (χ1n) is 12.5. The third kappa shape index (κ3) is 3.11. The number of amides is 1. The van der Waals surface area contributed by atoms with E-state index in [9.17, 15) is 4.79 Å². The largest absolute Gasteiger partial charge is 0.342 e. The fourth-order valence-corrected chi connectivity index (χ4v) is 8.88. The summed E-state index contributed by atoms with van der Waals surface area (Å²) in [6.45, 7) is 10.1. The third-order valence-corrected chi connectivity index (χ3v) is 10.4. The number of carbonyl (C=O) groups is 1. The van der Waals surface area contributed by atoms with Crippen molar-refractivity contribution in [2.45, 2.75) is 72.3 Å². The zero-order valence-electron chi connectivity index (χ0n) is 19.9. The van der Waals surface area contributed by atoms with E-state index in [0.29, 0.717) is 35.1 Å². The minimum atomic E-state index is 0.290. The van der Waals surface area contributed by atoms with Gasteiger partial charge in [-0.2, -0.15) is 0 Å². The Balaban J connectivity index is 1.44. The minimum Gasteiger partial charge on any atom is -0.342 e. The zero-order valence-corrected chi connectivity index (χ0v) is 19.9. The number of carbonyl (C=O) groups excluding carboxylic acids is 1. The molecule has 1 aromatic rings. The van der Waals surface area contributed by atoms with Gasteiger partial charge in [0.2, 0.25) is 5.91 Å². The van der Waals surface area contributed by atoms with Gasteiger partial charge in [0.15, 0.2) is 0 Å². The summed E-state index contributed by atoms with van der Waals surface area (Å²) in [4.78, 5) is 23.3. The first kappa shape index (κ1) is 21.2. The summed E-state index contributed by atoms with van der Waals surface area (Å²) in [5.41, 5.74) is 1.62. The van der Waals surface area contributed by atoms with Crippen LogP contribution in [0.5, 0.6) is 0 Å². The second-order valence-electron chi connectivity index (χ2n) is 11.8. The number of allylic oxidation sites excluding steroid dienone is 1. The standard InChI is InChI=1S/C27H39N3O/c1-17-14-22-25-18(2)15-23-27(4,11-9-24(31)30(23)5)21(25)8-10-26(22,3)20(17)7-6-19-16-28-12-13-29-19/h6-7,12-13,16-18,20-23,25H,8-11,14-15H2,1-5H3/t17?,18?,20-,21-,22-,23?,25+,26+,27+/m0/s1. The van der Waals surface area contributed by atoms with Gasteiger partial charge in [0.25, 0.3) is 0 Å². The van der Waals surface area contributed by atoms with Crippen molar-refractivity contribution in [1.29, 1.82) is 0 Å². The lowest BCUT2D eigenvalue weighted by atomic mass is 9.44. The van der Waals surface area contributed by atoms with Gasteiger partial charge in [-0.05, 0) is 84.5 Å². The highest BCUT2D eigenvalue weighted by Crippen LogP contribution is 2.68. The predicted octanol–water partition coefficient (Wildman–Crippen LogP) is 5.46. The molecule has 1 saturated heterocycles. The Bertz CT molecular complexity index is 868. The van der Waals surface area contributed by atoms with Crippen molar-refractivity contribution in [2.24, 2.45) is 46.3 Å². The third-order valence-electron chi connectivity index (χ3n) is 10.4. The van der Waals surface area contributed by atoms with Gasteiger partial charge < -0.3 is 4.90 Å². The molecule has 4 nitrogen and oxygen atoms in total. The van der Waals surface area contributed by atoms with Gasteiger partial charge in [0.05, 0.1) is 11.9 Å². The Morgan fingerprint density at radius 1 is 1.06 bits per heavy atom. The number of nitrogens with zero attached hydrogens (tertiary/aromatic N) is 3. The Labute approximate surface area is 187 Å². The molecule has 1 amide bonds. The van der Waals surface area contributed by atoms with E-state index in [1.807, 2.05) is 6.20 Å². The molecule has 1 aromatic heterocycles. The summed E-state index contributed by atoms with van der Waals surface area (Å²) in [7, 11) is 2.06. The number of likely N-dealkylation sites (tertiary alicyclic amines) is 1. The smallest absolute Gasteiger partial charge is 0.222 e. The molecule has 3 aliphatic carbocycles. The van der Waals surface area contributed by atoms with Crippen molar-refractivity contribution < 1.29 is 4.79 Å². The van der Waals surface area contributed by atoms with Gasteiger partial charge in [0, 0.05) is 31.9 Å². The number of rotatable bonds is 2. The molecule has 3 unspecified atom stereocenters. The average molecular weight is 422 g/mol. The Morgan fingerprint density at radius 3 is 2.61 bits per heavy atom. The first-order valence-corrected chi connectivity index (χ1v) is 12.5. The summed E-state index contributed by atoms with van der Waals surface area (Å²) in [6.07, 6.45) is 17.0. The Morgan fingerprint density at radius 2 is 1.87 bits per heavy atom. The monoisotopic (exact) mass is 421 g/mol. The van der Waals surface area contributed by atoms with Crippen LogP contribution in [0.15, 0.2) is 24.7 Å². The normalized spacial score (nSPS) is 47.2. The molecule has 4 fully saturated rings. The van der Waals surface area contributed by atoms with Crippen LogP contribution < -0.4 is 0 Å². The van der Waals surface area contributed by atoms with E-state index in [1.165, 1.54) is 25.7 Å². The maximum Gasteiger partial charge on any atom is 0.222 e. The molecule has 0 radical (unpaired) electrons. The van der Waals surface area contributed by atoms with Crippen molar-refractivity contribution >= 4 is 12.0 Å². The van der Waals surface area contributed by atoms with E-state index in [-0.39, 0.29) is 5.41 Å². The molecule has 5 rings (SSSR count). The van der Waals surface area contributed by atoms with E-state index in [0.717, 1.165) is 36.3 Å². The van der Waals surface area contributed by atoms with Gasteiger partial charge in [-0.15, -0.1) is 0 Å². The van der Waals surface area contributed by atoms with Gasteiger partial charge in [-0.3, -0.25) is 14.8 Å². The van der Waals surface area contributed by atoms with E-state index in [4.69, 9.17) is 0 Å². The highest BCUT2D eigenvalue weighted by molar-refractivity contribution is 5.77. The second-order valence-corrected chi connectivity index (χ2v) is 11.8. The van der Waals surface area contributed by atoms with Crippen LogP contribution in [0.25, 0.3) is 6.08 Å². The zero-order chi connectivity index (χ0) is 22.0. The molecule has 0 N–H and O–H groups in total. The van der Waals surface area contributed by atoms with Crippen molar-refractivity contribution in [3.05, 3.63) is 30.4 Å². The molecule has 0 spiro atoms. The van der Waals surface area contributed by atoms with E-state index >= 15 is 0 Å². The lowest BCUT2D eigenvalue weighted by Crippen LogP contribution is -2.63. The van der Waals surface area contributed by atoms with Crippen LogP contribution in [0.3, 0.4) is 0 Å².